The smallest absolute Gasteiger partial charge is 0.222 e. The van der Waals surface area contributed by atoms with E-state index < -0.39 is 0 Å². The second-order valence-corrected chi connectivity index (χ2v) is 4.80. The van der Waals surface area contributed by atoms with Crippen LogP contribution in [0.3, 0.4) is 0 Å². The van der Waals surface area contributed by atoms with Crippen molar-refractivity contribution in [2.75, 3.05) is 11.5 Å². The van der Waals surface area contributed by atoms with Crippen molar-refractivity contribution in [1.29, 1.82) is 0 Å². The fraction of sp³-hybridized carbons (Fsp3) is 0.111. The van der Waals surface area contributed by atoms with Crippen LogP contribution in [0.1, 0.15) is 16.8 Å². The van der Waals surface area contributed by atoms with Gasteiger partial charge in [-0.05, 0) is 18.6 Å². The standard InChI is InChI=1S/C14H14N4.C4H4N2/c1-10-12(13(15)18-14(16)17-10)9-5-8-11-6-3-2-4-7-11;1-2-5-4-6-3-1/h2-4,6-7H,8H2,1H3,(H4,15,16,17,18);1-4H. The van der Waals surface area contributed by atoms with Crippen LogP contribution in [0.15, 0.2) is 55.1 Å². The third kappa shape index (κ3) is 5.39. The molecule has 0 unspecified atom stereocenters. The van der Waals surface area contributed by atoms with Crippen molar-refractivity contribution in [3.8, 4) is 11.8 Å². The molecule has 0 aliphatic carbocycles. The van der Waals surface area contributed by atoms with Gasteiger partial charge in [0.2, 0.25) is 5.95 Å². The second-order valence-electron chi connectivity index (χ2n) is 4.80. The summed E-state index contributed by atoms with van der Waals surface area (Å²) in [6.45, 7) is 1.82. The lowest BCUT2D eigenvalue weighted by Gasteiger charge is -2.02. The zero-order chi connectivity index (χ0) is 17.2. The first-order chi connectivity index (χ1) is 11.7. The zero-order valence-electron chi connectivity index (χ0n) is 13.3. The van der Waals surface area contributed by atoms with Crippen molar-refractivity contribution in [1.82, 2.24) is 19.9 Å². The van der Waals surface area contributed by atoms with Gasteiger partial charge in [0.25, 0.3) is 0 Å². The van der Waals surface area contributed by atoms with Gasteiger partial charge in [-0.15, -0.1) is 0 Å². The van der Waals surface area contributed by atoms with Crippen molar-refractivity contribution in [3.63, 3.8) is 0 Å². The van der Waals surface area contributed by atoms with E-state index in [2.05, 4.69) is 31.8 Å². The zero-order valence-corrected chi connectivity index (χ0v) is 13.3. The van der Waals surface area contributed by atoms with Crippen LogP contribution in [-0.2, 0) is 6.42 Å². The molecule has 0 aliphatic heterocycles. The fourth-order valence-electron chi connectivity index (χ4n) is 1.86. The van der Waals surface area contributed by atoms with Crippen molar-refractivity contribution in [3.05, 3.63) is 71.9 Å². The number of anilines is 2. The number of nitrogens with zero attached hydrogens (tertiary/aromatic N) is 4. The summed E-state index contributed by atoms with van der Waals surface area (Å²) >= 11 is 0. The van der Waals surface area contributed by atoms with Gasteiger partial charge in [0, 0.05) is 18.8 Å². The van der Waals surface area contributed by atoms with Crippen LogP contribution in [0, 0.1) is 18.8 Å². The molecule has 0 saturated carbocycles. The minimum absolute atomic E-state index is 0.179. The summed E-state index contributed by atoms with van der Waals surface area (Å²) in [7, 11) is 0. The van der Waals surface area contributed by atoms with E-state index in [9.17, 15) is 0 Å². The Bertz CT molecular complexity index is 773. The number of nitrogen functional groups attached to an aromatic ring is 2. The van der Waals surface area contributed by atoms with Crippen molar-refractivity contribution in [2.24, 2.45) is 0 Å². The highest BCUT2D eigenvalue weighted by atomic mass is 15.0. The molecule has 3 rings (SSSR count). The minimum Gasteiger partial charge on any atom is -0.382 e. The largest absolute Gasteiger partial charge is 0.382 e. The molecule has 2 heterocycles. The SMILES string of the molecule is Cc1nc(N)nc(N)c1C#CCc1ccccc1.c1cncnc1. The van der Waals surface area contributed by atoms with Gasteiger partial charge in [0.05, 0.1) is 11.3 Å². The molecule has 1 aromatic carbocycles. The molecule has 24 heavy (non-hydrogen) atoms. The Hall–Kier alpha value is -3.46. The summed E-state index contributed by atoms with van der Waals surface area (Å²) in [5.74, 6) is 6.58. The molecular formula is C18H18N6. The van der Waals surface area contributed by atoms with Gasteiger partial charge in [-0.1, -0.05) is 42.2 Å². The van der Waals surface area contributed by atoms with Crippen molar-refractivity contribution >= 4 is 11.8 Å². The van der Waals surface area contributed by atoms with Gasteiger partial charge in [-0.3, -0.25) is 0 Å². The topological polar surface area (TPSA) is 104 Å². The maximum Gasteiger partial charge on any atom is 0.222 e. The highest BCUT2D eigenvalue weighted by molar-refractivity contribution is 5.55. The Morgan fingerprint density at radius 3 is 2.21 bits per heavy atom. The number of aryl methyl sites for hydroxylation is 1. The molecule has 6 nitrogen and oxygen atoms in total. The molecule has 2 aromatic heterocycles. The summed E-state index contributed by atoms with van der Waals surface area (Å²) in [6, 6.07) is 11.8. The van der Waals surface area contributed by atoms with E-state index in [0.29, 0.717) is 23.5 Å². The molecule has 0 atom stereocenters. The van der Waals surface area contributed by atoms with E-state index >= 15 is 0 Å². The lowest BCUT2D eigenvalue weighted by molar-refractivity contribution is 1.11. The number of benzene rings is 1. The maximum absolute atomic E-state index is 5.77. The van der Waals surface area contributed by atoms with E-state index in [1.165, 1.54) is 6.33 Å². The Labute approximate surface area is 141 Å². The number of hydrogen-bond acceptors (Lipinski definition) is 6. The average molecular weight is 318 g/mol. The molecular weight excluding hydrogens is 300 g/mol. The van der Waals surface area contributed by atoms with Gasteiger partial charge in [-0.2, -0.15) is 4.98 Å². The Kier molecular flexibility index (Phi) is 6.24. The van der Waals surface area contributed by atoms with Gasteiger partial charge in [0.15, 0.2) is 0 Å². The molecule has 3 aromatic rings. The third-order valence-electron chi connectivity index (χ3n) is 2.96. The van der Waals surface area contributed by atoms with Crippen LogP contribution in [0.4, 0.5) is 11.8 Å². The monoisotopic (exact) mass is 318 g/mol. The molecule has 0 saturated heterocycles. The van der Waals surface area contributed by atoms with Gasteiger partial charge >= 0.3 is 0 Å². The number of aromatic nitrogens is 4. The van der Waals surface area contributed by atoms with E-state index in [1.54, 1.807) is 18.5 Å². The quantitative estimate of drug-likeness (QED) is 0.665. The Morgan fingerprint density at radius 2 is 1.67 bits per heavy atom. The van der Waals surface area contributed by atoms with Crippen LogP contribution in [-0.4, -0.2) is 19.9 Å². The van der Waals surface area contributed by atoms with Crippen LogP contribution < -0.4 is 11.5 Å². The first kappa shape index (κ1) is 16.9. The average Bonchev–Trinajstić information content (AvgIpc) is 2.60. The van der Waals surface area contributed by atoms with Gasteiger partial charge < -0.3 is 11.5 Å². The molecule has 4 N–H and O–H groups in total. The van der Waals surface area contributed by atoms with Gasteiger partial charge in [0.1, 0.15) is 12.1 Å². The van der Waals surface area contributed by atoms with Gasteiger partial charge in [-0.25, -0.2) is 15.0 Å². The fourth-order valence-corrected chi connectivity index (χ4v) is 1.86. The predicted octanol–water partition coefficient (Wildman–Crippen LogP) is 2.02. The lowest BCUT2D eigenvalue weighted by Crippen LogP contribution is -2.04. The second kappa shape index (κ2) is 8.86. The first-order valence-electron chi connectivity index (χ1n) is 7.29. The van der Waals surface area contributed by atoms with Crippen LogP contribution >= 0.6 is 0 Å². The summed E-state index contributed by atoms with van der Waals surface area (Å²) in [4.78, 5) is 15.3. The predicted molar refractivity (Wildman–Crippen MR) is 94.6 cm³/mol. The maximum atomic E-state index is 5.77. The summed E-state index contributed by atoms with van der Waals surface area (Å²) in [6.07, 6.45) is 5.55. The molecule has 0 amide bonds. The molecule has 0 fully saturated rings. The molecule has 0 bridgehead atoms. The highest BCUT2D eigenvalue weighted by Crippen LogP contribution is 2.12. The molecule has 0 radical (unpaired) electrons. The summed E-state index contributed by atoms with van der Waals surface area (Å²) < 4.78 is 0. The number of hydrogen-bond donors (Lipinski definition) is 2. The summed E-state index contributed by atoms with van der Waals surface area (Å²) in [5, 5.41) is 0. The van der Waals surface area contributed by atoms with E-state index in [1.807, 2.05) is 37.3 Å². The van der Waals surface area contributed by atoms with Crippen LogP contribution in [0.25, 0.3) is 0 Å². The lowest BCUT2D eigenvalue weighted by atomic mass is 10.1. The molecule has 120 valence electrons. The normalized spacial score (nSPS) is 9.21. The molecule has 0 aliphatic rings. The van der Waals surface area contributed by atoms with E-state index in [4.69, 9.17) is 11.5 Å². The van der Waals surface area contributed by atoms with Crippen LogP contribution in [0.5, 0.6) is 0 Å². The highest BCUT2D eigenvalue weighted by Gasteiger charge is 2.04. The van der Waals surface area contributed by atoms with Crippen molar-refractivity contribution in [2.45, 2.75) is 13.3 Å². The summed E-state index contributed by atoms with van der Waals surface area (Å²) in [5.41, 5.74) is 13.8. The number of rotatable bonds is 1. The first-order valence-corrected chi connectivity index (χ1v) is 7.29. The molecule has 6 heteroatoms. The van der Waals surface area contributed by atoms with E-state index in [-0.39, 0.29) is 5.95 Å². The Balaban J connectivity index is 0.000000292. The van der Waals surface area contributed by atoms with Crippen molar-refractivity contribution < 1.29 is 0 Å². The molecule has 0 spiro atoms. The van der Waals surface area contributed by atoms with Crippen LogP contribution in [0.2, 0.25) is 0 Å². The Morgan fingerprint density at radius 1 is 0.958 bits per heavy atom. The van der Waals surface area contributed by atoms with E-state index in [0.717, 1.165) is 5.56 Å². The minimum atomic E-state index is 0.179. The third-order valence-corrected chi connectivity index (χ3v) is 2.96. The number of nitrogens with two attached hydrogens (primary N) is 2.